The lowest BCUT2D eigenvalue weighted by Crippen LogP contribution is -2.30. The number of benzene rings is 1. The van der Waals surface area contributed by atoms with E-state index in [0.29, 0.717) is 5.56 Å². The lowest BCUT2D eigenvalue weighted by molar-refractivity contribution is 0.0934. The maximum atomic E-state index is 13.4. The molecule has 3 nitrogen and oxygen atoms in total. The fraction of sp³-hybridized carbons (Fsp3) is 0.200. The van der Waals surface area contributed by atoms with Gasteiger partial charge >= 0.3 is 0 Å². The van der Waals surface area contributed by atoms with Gasteiger partial charge in [0.2, 0.25) is 0 Å². The molecule has 0 bridgehead atoms. The van der Waals surface area contributed by atoms with Crippen molar-refractivity contribution in [3.8, 4) is 0 Å². The lowest BCUT2D eigenvalue weighted by atomic mass is 10.0. The van der Waals surface area contributed by atoms with Crippen LogP contribution < -0.4 is 5.32 Å². The van der Waals surface area contributed by atoms with Crippen molar-refractivity contribution in [2.45, 2.75) is 17.4 Å². The molecule has 0 saturated heterocycles. The standard InChI is InChI=1S/C15H12BrFN2OS/c16-10-5-9(7-18-8-10)15(20)19-13-3-4-21-14-2-1-11(17)6-12(13)14/h1-2,5-8,13H,3-4H2,(H,19,20). The Morgan fingerprint density at radius 1 is 1.38 bits per heavy atom. The molecule has 6 heteroatoms. The number of nitrogens with one attached hydrogen (secondary N) is 1. The number of halogens is 2. The molecule has 21 heavy (non-hydrogen) atoms. The fourth-order valence-corrected chi connectivity index (χ4v) is 3.76. The summed E-state index contributed by atoms with van der Waals surface area (Å²) in [6, 6.07) is 6.28. The maximum Gasteiger partial charge on any atom is 0.253 e. The lowest BCUT2D eigenvalue weighted by Gasteiger charge is -2.26. The Balaban J connectivity index is 1.83. The van der Waals surface area contributed by atoms with Crippen molar-refractivity contribution in [3.05, 3.63) is 58.1 Å². The molecular formula is C15H12BrFN2OS. The van der Waals surface area contributed by atoms with Gasteiger partial charge < -0.3 is 5.32 Å². The molecule has 0 radical (unpaired) electrons. The summed E-state index contributed by atoms with van der Waals surface area (Å²) in [5.41, 5.74) is 1.34. The Kier molecular flexibility index (Phi) is 4.26. The van der Waals surface area contributed by atoms with Crippen LogP contribution in [0.5, 0.6) is 0 Å². The number of rotatable bonds is 2. The van der Waals surface area contributed by atoms with Crippen molar-refractivity contribution in [1.82, 2.24) is 10.3 Å². The van der Waals surface area contributed by atoms with Gasteiger partial charge in [0.05, 0.1) is 11.6 Å². The van der Waals surface area contributed by atoms with Gasteiger partial charge in [-0.05, 0) is 52.2 Å². The molecule has 108 valence electrons. The number of pyridine rings is 1. The van der Waals surface area contributed by atoms with Gasteiger partial charge in [-0.1, -0.05) is 0 Å². The van der Waals surface area contributed by atoms with Crippen LogP contribution in [0, 0.1) is 5.82 Å². The minimum absolute atomic E-state index is 0.163. The topological polar surface area (TPSA) is 42.0 Å². The summed E-state index contributed by atoms with van der Waals surface area (Å²) in [5.74, 6) is 0.427. The number of amides is 1. The van der Waals surface area contributed by atoms with Gasteiger partial charge in [0.15, 0.2) is 0 Å². The van der Waals surface area contributed by atoms with Crippen LogP contribution in [0.2, 0.25) is 0 Å². The highest BCUT2D eigenvalue weighted by molar-refractivity contribution is 9.10. The van der Waals surface area contributed by atoms with Crippen LogP contribution in [-0.4, -0.2) is 16.6 Å². The van der Waals surface area contributed by atoms with E-state index in [1.807, 2.05) is 0 Å². The molecule has 0 spiro atoms. The minimum atomic E-state index is -0.278. The molecule has 2 aromatic rings. The van der Waals surface area contributed by atoms with Gasteiger partial charge in [0.1, 0.15) is 5.82 Å². The number of carbonyl (C=O) groups is 1. The van der Waals surface area contributed by atoms with Crippen molar-refractivity contribution >= 4 is 33.6 Å². The van der Waals surface area contributed by atoms with E-state index < -0.39 is 0 Å². The molecule has 0 aliphatic carbocycles. The molecule has 2 heterocycles. The average Bonchev–Trinajstić information content (AvgIpc) is 2.48. The third-order valence-corrected chi connectivity index (χ3v) is 4.84. The maximum absolute atomic E-state index is 13.4. The third-order valence-electron chi connectivity index (χ3n) is 3.28. The second-order valence-electron chi connectivity index (χ2n) is 4.74. The van der Waals surface area contributed by atoms with Crippen LogP contribution >= 0.6 is 27.7 Å². The van der Waals surface area contributed by atoms with Crippen LogP contribution in [-0.2, 0) is 0 Å². The number of aromatic nitrogens is 1. The number of carbonyl (C=O) groups excluding carboxylic acids is 1. The number of nitrogens with zero attached hydrogens (tertiary/aromatic N) is 1. The first-order chi connectivity index (χ1) is 10.1. The predicted octanol–water partition coefficient (Wildman–Crippen LogP) is 3.95. The summed E-state index contributed by atoms with van der Waals surface area (Å²) in [4.78, 5) is 17.3. The Morgan fingerprint density at radius 3 is 3.05 bits per heavy atom. The highest BCUT2D eigenvalue weighted by atomic mass is 79.9. The first-order valence-corrected chi connectivity index (χ1v) is 8.25. The molecular weight excluding hydrogens is 355 g/mol. The van der Waals surface area contributed by atoms with Crippen LogP contribution in [0.1, 0.15) is 28.4 Å². The second kappa shape index (κ2) is 6.15. The average molecular weight is 367 g/mol. The van der Waals surface area contributed by atoms with E-state index in [0.717, 1.165) is 27.1 Å². The number of hydrogen-bond acceptors (Lipinski definition) is 3. The minimum Gasteiger partial charge on any atom is -0.345 e. The SMILES string of the molecule is O=C(NC1CCSc2ccc(F)cc21)c1cncc(Br)c1. The summed E-state index contributed by atoms with van der Waals surface area (Å²) in [6.07, 6.45) is 3.93. The monoisotopic (exact) mass is 366 g/mol. The summed E-state index contributed by atoms with van der Waals surface area (Å²) in [6.45, 7) is 0. The normalized spacial score (nSPS) is 17.1. The smallest absolute Gasteiger partial charge is 0.253 e. The molecule has 0 fully saturated rings. The Morgan fingerprint density at radius 2 is 2.24 bits per heavy atom. The van der Waals surface area contributed by atoms with E-state index in [4.69, 9.17) is 0 Å². The number of hydrogen-bond donors (Lipinski definition) is 1. The van der Waals surface area contributed by atoms with Crippen molar-refractivity contribution in [1.29, 1.82) is 0 Å². The molecule has 1 amide bonds. The third kappa shape index (κ3) is 3.27. The first-order valence-electron chi connectivity index (χ1n) is 6.47. The summed E-state index contributed by atoms with van der Waals surface area (Å²) in [5, 5.41) is 2.97. The van der Waals surface area contributed by atoms with Gasteiger partial charge in [-0.15, -0.1) is 11.8 Å². The summed E-state index contributed by atoms with van der Waals surface area (Å²) < 4.78 is 14.2. The van der Waals surface area contributed by atoms with Gasteiger partial charge in [0, 0.05) is 27.5 Å². The molecule has 3 rings (SSSR count). The Hall–Kier alpha value is -1.40. The summed E-state index contributed by atoms with van der Waals surface area (Å²) >= 11 is 4.98. The van der Waals surface area contributed by atoms with Gasteiger partial charge in [0.25, 0.3) is 5.91 Å². The van der Waals surface area contributed by atoms with E-state index in [9.17, 15) is 9.18 Å². The van der Waals surface area contributed by atoms with Crippen molar-refractivity contribution in [2.24, 2.45) is 0 Å². The Bertz CT molecular complexity index is 695. The second-order valence-corrected chi connectivity index (χ2v) is 6.79. The van der Waals surface area contributed by atoms with E-state index in [-0.39, 0.29) is 17.8 Å². The number of thioether (sulfide) groups is 1. The predicted molar refractivity (Wildman–Crippen MR) is 83.9 cm³/mol. The van der Waals surface area contributed by atoms with Crippen molar-refractivity contribution in [3.63, 3.8) is 0 Å². The Labute approximate surface area is 134 Å². The highest BCUT2D eigenvalue weighted by Gasteiger charge is 2.23. The quantitative estimate of drug-likeness (QED) is 0.874. The largest absolute Gasteiger partial charge is 0.345 e. The zero-order valence-corrected chi connectivity index (χ0v) is 13.4. The van der Waals surface area contributed by atoms with Crippen LogP contribution in [0.25, 0.3) is 0 Å². The van der Waals surface area contributed by atoms with Crippen molar-refractivity contribution < 1.29 is 9.18 Å². The van der Waals surface area contributed by atoms with E-state index in [1.165, 1.54) is 18.3 Å². The fourth-order valence-electron chi connectivity index (χ4n) is 2.29. The molecule has 1 N–H and O–H groups in total. The molecule has 1 atom stereocenters. The van der Waals surface area contributed by atoms with E-state index in [1.54, 1.807) is 30.1 Å². The van der Waals surface area contributed by atoms with Gasteiger partial charge in [-0.2, -0.15) is 0 Å². The van der Waals surface area contributed by atoms with E-state index in [2.05, 4.69) is 26.2 Å². The molecule has 1 aromatic carbocycles. The number of fused-ring (bicyclic) bond motifs is 1. The molecule has 1 aromatic heterocycles. The highest BCUT2D eigenvalue weighted by Crippen LogP contribution is 2.36. The van der Waals surface area contributed by atoms with Crippen LogP contribution in [0.15, 0.2) is 46.0 Å². The summed E-state index contributed by atoms with van der Waals surface area (Å²) in [7, 11) is 0. The van der Waals surface area contributed by atoms with Crippen LogP contribution in [0.4, 0.5) is 4.39 Å². The van der Waals surface area contributed by atoms with Gasteiger partial charge in [-0.25, -0.2) is 4.39 Å². The molecule has 1 aliphatic heterocycles. The first kappa shape index (κ1) is 14.5. The van der Waals surface area contributed by atoms with Crippen LogP contribution in [0.3, 0.4) is 0 Å². The van der Waals surface area contributed by atoms with Gasteiger partial charge in [-0.3, -0.25) is 9.78 Å². The molecule has 0 saturated carbocycles. The zero-order chi connectivity index (χ0) is 14.8. The molecule has 1 unspecified atom stereocenters. The van der Waals surface area contributed by atoms with E-state index >= 15 is 0 Å². The zero-order valence-electron chi connectivity index (χ0n) is 11.0. The molecule has 1 aliphatic rings. The van der Waals surface area contributed by atoms with Crippen molar-refractivity contribution in [2.75, 3.05) is 5.75 Å².